The number of hydrogen-bond acceptors (Lipinski definition) is 12. The number of nitrogens with two attached hydrogens (primary N) is 1. The number of oxime groups is 1. The van der Waals surface area contributed by atoms with Crippen LogP contribution in [-0.4, -0.2) is 100.0 Å². The number of fused-ring (bicyclic) bond motifs is 1. The van der Waals surface area contributed by atoms with Gasteiger partial charge in [0.1, 0.15) is 26.0 Å². The minimum atomic E-state index is -1.58. The first-order valence-corrected chi connectivity index (χ1v) is 13.2. The maximum absolute atomic E-state index is 12.8. The number of aliphatic hydroxyl groups excluding tert-OH is 2. The zero-order valence-corrected chi connectivity index (χ0v) is 21.8. The van der Waals surface area contributed by atoms with E-state index in [-0.39, 0.29) is 34.4 Å². The maximum atomic E-state index is 12.8. The Balaban J connectivity index is 1.81. The molecule has 5 atom stereocenters. The van der Waals surface area contributed by atoms with Crippen LogP contribution < -0.4 is 16.2 Å². The Morgan fingerprint density at radius 2 is 2.22 bits per heavy atom. The number of rotatable bonds is 8. The zero-order chi connectivity index (χ0) is 27.0. The second-order valence-corrected chi connectivity index (χ2v) is 11.6. The molecule has 0 saturated carbocycles. The van der Waals surface area contributed by atoms with Crippen molar-refractivity contribution in [3.8, 4) is 0 Å². The Morgan fingerprint density at radius 1 is 1.46 bits per heavy atom. The Morgan fingerprint density at radius 3 is 2.81 bits per heavy atom. The quantitative estimate of drug-likeness (QED) is 0.122. The average Bonchev–Trinajstić information content (AvgIpc) is 3.27. The zero-order valence-electron chi connectivity index (χ0n) is 20.2. The maximum Gasteiger partial charge on any atom is 0.267 e. The molecule has 3 aliphatic heterocycles. The number of piperidine rings is 1. The molecule has 2 amide bonds. The normalized spacial score (nSPS) is 31.9. The van der Waals surface area contributed by atoms with Gasteiger partial charge in [-0.25, -0.2) is 4.98 Å². The second kappa shape index (κ2) is 10.4. The molecule has 0 aliphatic carbocycles. The Bertz CT molecular complexity index is 1190. The molecule has 2 fully saturated rings. The highest BCUT2D eigenvalue weighted by Gasteiger charge is 2.55. The number of carbonyl (C=O) groups excluding carboxylic acids is 3. The van der Waals surface area contributed by atoms with Crippen LogP contribution in [0.5, 0.6) is 0 Å². The van der Waals surface area contributed by atoms with Crippen molar-refractivity contribution in [3.63, 3.8) is 0 Å². The van der Waals surface area contributed by atoms with Crippen molar-refractivity contribution >= 4 is 52.2 Å². The summed E-state index contributed by atoms with van der Waals surface area (Å²) in [7, 11) is 3.19. The molecule has 2 saturated heterocycles. The lowest BCUT2D eigenvalue weighted by molar-refractivity contribution is -0.913. The number of likely N-dealkylation sites (tertiary alicyclic amines) is 1. The summed E-state index contributed by atoms with van der Waals surface area (Å²) < 4.78 is 0.393. The van der Waals surface area contributed by atoms with Crippen LogP contribution >= 0.6 is 23.1 Å². The van der Waals surface area contributed by atoms with E-state index in [1.165, 1.54) is 13.2 Å². The molecule has 37 heavy (non-hydrogen) atoms. The number of likely N-dealkylation sites (N-methyl/N-ethyl adjacent to an activating group) is 1. The Kier molecular flexibility index (Phi) is 7.62. The summed E-state index contributed by atoms with van der Waals surface area (Å²) in [5.74, 6) is -2.65. The van der Waals surface area contributed by atoms with Crippen molar-refractivity contribution in [3.05, 3.63) is 34.5 Å². The number of hydrogen-bond donors (Lipinski definition) is 4. The van der Waals surface area contributed by atoms with Crippen LogP contribution in [-0.2, 0) is 24.1 Å². The number of aliphatic carboxylic acids is 1. The van der Waals surface area contributed by atoms with Crippen LogP contribution in [0.1, 0.15) is 18.5 Å². The van der Waals surface area contributed by atoms with Gasteiger partial charge < -0.3 is 40.5 Å². The van der Waals surface area contributed by atoms with Crippen LogP contribution in [0.25, 0.3) is 0 Å². The van der Waals surface area contributed by atoms with Gasteiger partial charge in [0.05, 0.1) is 55.4 Å². The number of β-lactam (4-membered cyclic amide) rings is 1. The standard InChI is InChI=1S/C22H28N6O7S2/c1-28(7-5-13(29)14(30)10-28)6-3-4-12-19(20(33)34)27-17(32)8-18(27)37-22(12,15-11-36-21(23)25-15)26-16(31)9-24-35-2/h3-4,9,11,13-14,18,29-30H,5-8,10H2,1-2H3,(H3-,23,25,26,31,33,34)/b4-3-,24-9?/t13?,14-,18+,22?,28-/m1/s1. The molecule has 1 aromatic rings. The van der Waals surface area contributed by atoms with E-state index >= 15 is 0 Å². The summed E-state index contributed by atoms with van der Waals surface area (Å²) in [6.45, 7) is 1.27. The highest BCUT2D eigenvalue weighted by Crippen LogP contribution is 2.54. The van der Waals surface area contributed by atoms with Gasteiger partial charge in [-0.1, -0.05) is 23.0 Å². The van der Waals surface area contributed by atoms with Crippen molar-refractivity contribution in [2.75, 3.05) is 39.5 Å². The number of thiazole rings is 1. The number of carboxylic acids is 1. The number of nitrogens with zero attached hydrogens (tertiary/aromatic N) is 4. The monoisotopic (exact) mass is 552 g/mol. The number of aromatic nitrogens is 1. The highest BCUT2D eigenvalue weighted by molar-refractivity contribution is 8.01. The van der Waals surface area contributed by atoms with E-state index in [2.05, 4.69) is 20.3 Å². The first-order valence-electron chi connectivity index (χ1n) is 11.4. The van der Waals surface area contributed by atoms with Crippen LogP contribution in [0.4, 0.5) is 5.13 Å². The number of quaternary nitrogens is 1. The van der Waals surface area contributed by atoms with Gasteiger partial charge in [-0.3, -0.25) is 14.5 Å². The summed E-state index contributed by atoms with van der Waals surface area (Å²) in [6.07, 6.45) is 2.96. The van der Waals surface area contributed by atoms with Crippen LogP contribution in [0.3, 0.4) is 0 Å². The van der Waals surface area contributed by atoms with E-state index in [1.807, 2.05) is 7.05 Å². The highest BCUT2D eigenvalue weighted by atomic mass is 32.2. The van der Waals surface area contributed by atoms with E-state index in [4.69, 9.17) is 5.73 Å². The molecular formula is C22H28N6O7S2. The fourth-order valence-electron chi connectivity index (χ4n) is 4.73. The van der Waals surface area contributed by atoms with E-state index in [1.54, 1.807) is 11.5 Å². The van der Waals surface area contributed by atoms with Crippen molar-refractivity contribution in [2.45, 2.75) is 35.3 Å². The molecule has 13 nitrogen and oxygen atoms in total. The Labute approximate surface area is 220 Å². The average molecular weight is 553 g/mol. The largest absolute Gasteiger partial charge is 0.543 e. The topological polar surface area (TPSA) is 190 Å². The van der Waals surface area contributed by atoms with Gasteiger partial charge in [0.2, 0.25) is 5.91 Å². The number of carboxylic acid groups (broad SMARTS) is 1. The first-order chi connectivity index (χ1) is 17.5. The van der Waals surface area contributed by atoms with E-state index in [0.29, 0.717) is 30.5 Å². The number of carbonyl (C=O) groups is 3. The molecule has 0 spiro atoms. The smallest absolute Gasteiger partial charge is 0.267 e. The fourth-order valence-corrected chi connectivity index (χ4v) is 7.05. The van der Waals surface area contributed by atoms with Gasteiger partial charge in [-0.15, -0.1) is 11.3 Å². The molecule has 1 aromatic heterocycles. The lowest BCUT2D eigenvalue weighted by Gasteiger charge is -2.52. The number of aliphatic hydroxyl groups is 2. The Hall–Kier alpha value is -2.98. The van der Waals surface area contributed by atoms with E-state index in [0.717, 1.165) is 34.2 Å². The molecule has 0 aromatic carbocycles. The molecule has 15 heteroatoms. The summed E-state index contributed by atoms with van der Waals surface area (Å²) >= 11 is 2.28. The number of thioether (sulfide) groups is 1. The molecule has 2 unspecified atom stereocenters. The van der Waals surface area contributed by atoms with Gasteiger partial charge in [0, 0.05) is 17.4 Å². The van der Waals surface area contributed by atoms with Gasteiger partial charge in [0.25, 0.3) is 5.91 Å². The van der Waals surface area contributed by atoms with Crippen molar-refractivity contribution < 1.29 is 39.0 Å². The summed E-state index contributed by atoms with van der Waals surface area (Å²) in [4.78, 5) is 46.2. The lowest BCUT2D eigenvalue weighted by atomic mass is 9.96. The number of nitrogens with one attached hydrogen (secondary N) is 1. The fraction of sp³-hybridized carbons (Fsp3) is 0.500. The predicted octanol–water partition coefficient (Wildman–Crippen LogP) is -1.94. The van der Waals surface area contributed by atoms with Crippen molar-refractivity contribution in [1.29, 1.82) is 0 Å². The SMILES string of the molecule is CON=CC(=O)NC1(c2csc(N)n2)S[C@H]2CC(=O)N2C(C(=O)[O-])=C1/C=C\C[N@+]1(C)CCC(O)[C@H](O)C1. The first kappa shape index (κ1) is 27.1. The van der Waals surface area contributed by atoms with Gasteiger partial charge >= 0.3 is 0 Å². The van der Waals surface area contributed by atoms with Gasteiger partial charge in [0.15, 0.2) is 10.0 Å². The molecule has 0 radical (unpaired) electrons. The van der Waals surface area contributed by atoms with Crippen molar-refractivity contribution in [1.82, 2.24) is 15.2 Å². The molecule has 4 heterocycles. The van der Waals surface area contributed by atoms with Crippen LogP contribution in [0.2, 0.25) is 0 Å². The third kappa shape index (κ3) is 5.22. The van der Waals surface area contributed by atoms with Crippen LogP contribution in [0, 0.1) is 0 Å². The third-order valence-electron chi connectivity index (χ3n) is 6.61. The van der Waals surface area contributed by atoms with E-state index < -0.39 is 34.3 Å². The molecular weight excluding hydrogens is 524 g/mol. The predicted molar refractivity (Wildman–Crippen MR) is 133 cm³/mol. The van der Waals surface area contributed by atoms with Gasteiger partial charge in [-0.05, 0) is 6.08 Å². The minimum Gasteiger partial charge on any atom is -0.543 e. The summed E-state index contributed by atoms with van der Waals surface area (Å²) in [5, 5.41) is 40.0. The molecule has 4 rings (SSSR count). The van der Waals surface area contributed by atoms with E-state index in [9.17, 15) is 29.7 Å². The number of nitrogen functional groups attached to an aromatic ring is 1. The summed E-state index contributed by atoms with van der Waals surface area (Å²) in [6, 6.07) is 0. The van der Waals surface area contributed by atoms with Gasteiger partial charge in [-0.2, -0.15) is 0 Å². The molecule has 5 N–H and O–H groups in total. The molecule has 200 valence electrons. The third-order valence-corrected chi connectivity index (χ3v) is 8.82. The summed E-state index contributed by atoms with van der Waals surface area (Å²) in [5.41, 5.74) is 5.89. The number of amides is 2. The molecule has 0 bridgehead atoms. The molecule has 3 aliphatic rings. The van der Waals surface area contributed by atoms with Crippen LogP contribution in [0.15, 0.2) is 34.0 Å². The lowest BCUT2D eigenvalue weighted by Crippen LogP contribution is -2.62. The minimum absolute atomic E-state index is 0.0665. The number of anilines is 1. The second-order valence-electron chi connectivity index (χ2n) is 9.28. The van der Waals surface area contributed by atoms with Crippen molar-refractivity contribution in [2.24, 2.45) is 5.16 Å².